The second kappa shape index (κ2) is 2.77. The van der Waals surface area contributed by atoms with Crippen molar-refractivity contribution >= 4 is 18.4 Å². The average Bonchev–Trinajstić information content (AvgIpc) is 2.17. The summed E-state index contributed by atoms with van der Waals surface area (Å²) >= 11 is 0. The molecule has 59 valence electrons. The first kappa shape index (κ1) is 7.03. The van der Waals surface area contributed by atoms with Gasteiger partial charge in [-0.15, -0.1) is 0 Å². The highest BCUT2D eigenvalue weighted by molar-refractivity contribution is 5.77. The van der Waals surface area contributed by atoms with Crippen molar-refractivity contribution in [2.75, 3.05) is 0 Å². The standard InChI is InChI=1S/C9H7N2O/c12-7-11-5-8-3-1-2-4-9(8)10-6-11/h1-4,6H,5H2. The average molecular weight is 159 g/mol. The molecule has 0 spiro atoms. The van der Waals surface area contributed by atoms with E-state index in [1.54, 1.807) is 6.41 Å². The van der Waals surface area contributed by atoms with Crippen LogP contribution < -0.4 is 0 Å². The lowest BCUT2D eigenvalue weighted by atomic mass is 10.1. The highest BCUT2D eigenvalue weighted by atomic mass is 16.1. The third-order valence-electron chi connectivity index (χ3n) is 1.79. The largest absolute Gasteiger partial charge is 0.317 e. The SMILES string of the molecule is O=[C]N1C=Nc2ccccc2C1. The third kappa shape index (κ3) is 1.09. The second-order valence-corrected chi connectivity index (χ2v) is 2.59. The minimum atomic E-state index is 0.573. The Morgan fingerprint density at radius 3 is 3.08 bits per heavy atom. The zero-order valence-corrected chi connectivity index (χ0v) is 6.40. The molecule has 1 aliphatic heterocycles. The molecule has 0 aromatic heterocycles. The first-order valence-corrected chi connectivity index (χ1v) is 3.66. The molecule has 2 rings (SSSR count). The quantitative estimate of drug-likeness (QED) is 0.606. The fourth-order valence-corrected chi connectivity index (χ4v) is 1.18. The van der Waals surface area contributed by atoms with Crippen molar-refractivity contribution in [3.05, 3.63) is 29.8 Å². The van der Waals surface area contributed by atoms with Crippen molar-refractivity contribution in [3.8, 4) is 0 Å². The molecule has 0 saturated heterocycles. The van der Waals surface area contributed by atoms with Crippen LogP contribution in [0, 0.1) is 0 Å². The number of carbonyl (C=O) groups excluding carboxylic acids is 1. The van der Waals surface area contributed by atoms with Gasteiger partial charge in [-0.05, 0) is 11.6 Å². The molecule has 12 heavy (non-hydrogen) atoms. The van der Waals surface area contributed by atoms with Crippen molar-refractivity contribution in [1.29, 1.82) is 0 Å². The molecule has 1 heterocycles. The van der Waals surface area contributed by atoms with Crippen LogP contribution in [0.5, 0.6) is 0 Å². The molecule has 0 bridgehead atoms. The van der Waals surface area contributed by atoms with Crippen molar-refractivity contribution in [3.63, 3.8) is 0 Å². The Morgan fingerprint density at radius 2 is 2.25 bits per heavy atom. The van der Waals surface area contributed by atoms with E-state index in [2.05, 4.69) is 4.99 Å². The number of nitrogens with zero attached hydrogens (tertiary/aromatic N) is 2. The van der Waals surface area contributed by atoms with Gasteiger partial charge < -0.3 is 0 Å². The van der Waals surface area contributed by atoms with Gasteiger partial charge >= 0.3 is 6.41 Å². The van der Waals surface area contributed by atoms with Gasteiger partial charge in [0, 0.05) is 0 Å². The van der Waals surface area contributed by atoms with Gasteiger partial charge in [-0.2, -0.15) is 0 Å². The van der Waals surface area contributed by atoms with E-state index in [4.69, 9.17) is 0 Å². The van der Waals surface area contributed by atoms with Gasteiger partial charge in [-0.25, -0.2) is 4.99 Å². The Balaban J connectivity index is 2.39. The maximum Gasteiger partial charge on any atom is 0.317 e. The van der Waals surface area contributed by atoms with Crippen LogP contribution in [-0.4, -0.2) is 17.6 Å². The summed E-state index contributed by atoms with van der Waals surface area (Å²) in [5.74, 6) is 0. The van der Waals surface area contributed by atoms with Crippen LogP contribution in [0.1, 0.15) is 5.56 Å². The smallest absolute Gasteiger partial charge is 0.290 e. The van der Waals surface area contributed by atoms with Crippen LogP contribution in [0.4, 0.5) is 5.69 Å². The van der Waals surface area contributed by atoms with Gasteiger partial charge in [0.05, 0.1) is 18.6 Å². The van der Waals surface area contributed by atoms with Crippen LogP contribution in [0.25, 0.3) is 0 Å². The fourth-order valence-electron chi connectivity index (χ4n) is 1.18. The van der Waals surface area contributed by atoms with Gasteiger partial charge in [-0.1, -0.05) is 18.2 Å². The van der Waals surface area contributed by atoms with E-state index < -0.39 is 0 Å². The number of amides is 1. The maximum absolute atomic E-state index is 10.3. The number of rotatable bonds is 1. The summed E-state index contributed by atoms with van der Waals surface area (Å²) in [6.07, 6.45) is 3.27. The van der Waals surface area contributed by atoms with Crippen molar-refractivity contribution in [1.82, 2.24) is 4.90 Å². The number of aliphatic imine (C=N–C) groups is 1. The van der Waals surface area contributed by atoms with E-state index in [9.17, 15) is 4.79 Å². The van der Waals surface area contributed by atoms with Gasteiger partial charge in [0.15, 0.2) is 0 Å². The van der Waals surface area contributed by atoms with E-state index in [0.717, 1.165) is 11.3 Å². The molecule has 0 fully saturated rings. The van der Waals surface area contributed by atoms with E-state index in [1.165, 1.54) is 11.2 Å². The van der Waals surface area contributed by atoms with E-state index in [1.807, 2.05) is 24.3 Å². The molecular formula is C9H7N2O. The minimum absolute atomic E-state index is 0.573. The lowest BCUT2D eigenvalue weighted by Crippen LogP contribution is -2.21. The first-order valence-electron chi connectivity index (χ1n) is 3.66. The predicted octanol–water partition coefficient (Wildman–Crippen LogP) is 1.23. The van der Waals surface area contributed by atoms with Crippen LogP contribution in [-0.2, 0) is 11.3 Å². The normalized spacial score (nSPS) is 14.2. The molecule has 0 saturated carbocycles. The Labute approximate surface area is 70.3 Å². The monoisotopic (exact) mass is 159 g/mol. The third-order valence-corrected chi connectivity index (χ3v) is 1.79. The lowest BCUT2D eigenvalue weighted by molar-refractivity contribution is 0.484. The van der Waals surface area contributed by atoms with Crippen LogP contribution in [0.15, 0.2) is 29.3 Å². The lowest BCUT2D eigenvalue weighted by Gasteiger charge is -2.16. The Hall–Kier alpha value is -1.64. The second-order valence-electron chi connectivity index (χ2n) is 2.59. The number of benzene rings is 1. The van der Waals surface area contributed by atoms with Gasteiger partial charge in [0.25, 0.3) is 0 Å². The minimum Gasteiger partial charge on any atom is -0.290 e. The molecule has 3 nitrogen and oxygen atoms in total. The number of fused-ring (bicyclic) bond motifs is 1. The highest BCUT2D eigenvalue weighted by Crippen LogP contribution is 2.22. The number of hydrogen-bond acceptors (Lipinski definition) is 2. The fraction of sp³-hybridized carbons (Fsp3) is 0.111. The van der Waals surface area contributed by atoms with Gasteiger partial charge in [0.2, 0.25) is 0 Å². The zero-order valence-electron chi connectivity index (χ0n) is 6.40. The molecule has 1 radical (unpaired) electrons. The molecule has 1 aromatic carbocycles. The van der Waals surface area contributed by atoms with Crippen molar-refractivity contribution < 1.29 is 4.79 Å². The first-order chi connectivity index (χ1) is 5.90. The summed E-state index contributed by atoms with van der Waals surface area (Å²) in [5.41, 5.74) is 1.99. The maximum atomic E-state index is 10.3. The number of hydrogen-bond donors (Lipinski definition) is 0. The highest BCUT2D eigenvalue weighted by Gasteiger charge is 2.09. The van der Waals surface area contributed by atoms with E-state index >= 15 is 0 Å². The molecular weight excluding hydrogens is 152 g/mol. The van der Waals surface area contributed by atoms with Crippen molar-refractivity contribution in [2.45, 2.75) is 6.54 Å². The molecule has 0 N–H and O–H groups in total. The Morgan fingerprint density at radius 1 is 1.42 bits per heavy atom. The van der Waals surface area contributed by atoms with Gasteiger partial charge in [0.1, 0.15) is 0 Å². The zero-order chi connectivity index (χ0) is 8.39. The molecule has 1 aliphatic rings. The molecule has 0 aliphatic carbocycles. The van der Waals surface area contributed by atoms with Crippen LogP contribution in [0.2, 0.25) is 0 Å². The summed E-state index contributed by atoms with van der Waals surface area (Å²) in [6.45, 7) is 0.573. The molecule has 3 heteroatoms. The predicted molar refractivity (Wildman–Crippen MR) is 45.8 cm³/mol. The summed E-state index contributed by atoms with van der Waals surface area (Å²) < 4.78 is 0. The summed E-state index contributed by atoms with van der Waals surface area (Å²) in [5, 5.41) is 0. The topological polar surface area (TPSA) is 32.7 Å². The van der Waals surface area contributed by atoms with Crippen molar-refractivity contribution in [2.24, 2.45) is 4.99 Å². The molecule has 0 atom stereocenters. The van der Waals surface area contributed by atoms with E-state index in [0.29, 0.717) is 6.54 Å². The summed E-state index contributed by atoms with van der Waals surface area (Å²) in [6, 6.07) is 7.74. The number of para-hydroxylation sites is 1. The van der Waals surface area contributed by atoms with E-state index in [-0.39, 0.29) is 0 Å². The van der Waals surface area contributed by atoms with Crippen LogP contribution >= 0.6 is 0 Å². The Bertz CT molecular complexity index is 333. The summed E-state index contributed by atoms with van der Waals surface area (Å²) in [7, 11) is 0. The van der Waals surface area contributed by atoms with Gasteiger partial charge in [-0.3, -0.25) is 9.69 Å². The van der Waals surface area contributed by atoms with Crippen LogP contribution in [0.3, 0.4) is 0 Å². The molecule has 1 amide bonds. The molecule has 0 unspecified atom stereocenters. The Kier molecular flexibility index (Phi) is 1.63. The molecule has 1 aromatic rings. The summed E-state index contributed by atoms with van der Waals surface area (Å²) in [4.78, 5) is 15.8.